The molecule has 2 fully saturated rings. The Hall–Kier alpha value is -3.56. The molecule has 2 aliphatic heterocycles. The van der Waals surface area contributed by atoms with Crippen molar-refractivity contribution in [2.75, 3.05) is 24.6 Å². The van der Waals surface area contributed by atoms with Gasteiger partial charge in [0.15, 0.2) is 5.82 Å². The summed E-state index contributed by atoms with van der Waals surface area (Å²) in [7, 11) is 0. The van der Waals surface area contributed by atoms with Crippen LogP contribution in [-0.4, -0.2) is 57.6 Å². The predicted molar refractivity (Wildman–Crippen MR) is 152 cm³/mol. The lowest BCUT2D eigenvalue weighted by Gasteiger charge is -2.34. The highest BCUT2D eigenvalue weighted by atomic mass is 19.1. The second-order valence-electron chi connectivity index (χ2n) is 11.6. The van der Waals surface area contributed by atoms with Crippen LogP contribution < -0.4 is 15.0 Å². The second kappa shape index (κ2) is 10.1. The summed E-state index contributed by atoms with van der Waals surface area (Å²) in [5, 5.41) is 26.0. The van der Waals surface area contributed by atoms with Crippen molar-refractivity contribution in [1.82, 2.24) is 15.3 Å². The molecule has 7 nitrogen and oxygen atoms in total. The molecule has 0 aliphatic carbocycles. The number of nitrogens with zero attached hydrogens (tertiary/aromatic N) is 3. The molecule has 210 valence electrons. The van der Waals surface area contributed by atoms with Gasteiger partial charge in [-0.1, -0.05) is 19.1 Å². The van der Waals surface area contributed by atoms with Crippen molar-refractivity contribution in [1.29, 1.82) is 0 Å². The number of hydrogen-bond donors (Lipinski definition) is 3. The Balaban J connectivity index is 1.53. The van der Waals surface area contributed by atoms with E-state index in [1.165, 1.54) is 12.1 Å². The number of phenols is 1. The summed E-state index contributed by atoms with van der Waals surface area (Å²) in [4.78, 5) is 11.4. The van der Waals surface area contributed by atoms with Crippen molar-refractivity contribution in [3.8, 4) is 22.9 Å². The Morgan fingerprint density at radius 2 is 1.80 bits per heavy atom. The summed E-state index contributed by atoms with van der Waals surface area (Å²) in [6.07, 6.45) is 2.93. The maximum Gasteiger partial charge on any atom is 0.319 e. The monoisotopic (exact) mass is 548 g/mol. The number of hydrogen-bond acceptors (Lipinski definition) is 7. The molecule has 3 heterocycles. The van der Waals surface area contributed by atoms with Gasteiger partial charge in [-0.05, 0) is 79.3 Å². The van der Waals surface area contributed by atoms with Crippen LogP contribution in [0.3, 0.4) is 0 Å². The van der Waals surface area contributed by atoms with Gasteiger partial charge in [0.05, 0.1) is 12.2 Å². The normalized spacial score (nSPS) is 19.1. The minimum Gasteiger partial charge on any atom is -0.508 e. The minimum absolute atomic E-state index is 0.0361. The molecule has 0 amide bonds. The summed E-state index contributed by atoms with van der Waals surface area (Å²) in [5.41, 5.74) is 0.232. The standard InChI is InChI=1S/C31H34F2N4O3/c1-4-21-25(32)10-5-17-13-20(38)14-24(26(17)21)22-8-9-23-28(27(22)33)35-30(40-12-11-31(2,3)39)36-29(23)37-15-18-6-7-19(16-37)34-18/h5,8-10,13-14,18-19,34,38-39H,4,6-7,11-12,15-16H2,1-3H3/t18-,19+. The zero-order valence-electron chi connectivity index (χ0n) is 23.0. The molecule has 2 atom stereocenters. The van der Waals surface area contributed by atoms with Crippen LogP contribution in [0.15, 0.2) is 36.4 Å². The van der Waals surface area contributed by atoms with Crippen molar-refractivity contribution in [2.45, 2.75) is 64.1 Å². The second-order valence-corrected chi connectivity index (χ2v) is 11.6. The van der Waals surface area contributed by atoms with Crippen LogP contribution in [0.4, 0.5) is 14.6 Å². The average Bonchev–Trinajstić information content (AvgIpc) is 3.25. The smallest absolute Gasteiger partial charge is 0.319 e. The lowest BCUT2D eigenvalue weighted by Crippen LogP contribution is -2.51. The van der Waals surface area contributed by atoms with Crippen LogP contribution in [0, 0.1) is 11.6 Å². The number of piperazine rings is 1. The topological polar surface area (TPSA) is 90.7 Å². The molecule has 2 aliphatic rings. The SMILES string of the molecule is CCc1c(F)ccc2cc(O)cc(-c3ccc4c(N5C[C@H]6CC[C@@H](C5)N6)nc(OCCC(C)(C)O)nc4c3F)c12. The zero-order chi connectivity index (χ0) is 28.2. The fraction of sp³-hybridized carbons (Fsp3) is 0.419. The number of benzene rings is 3. The molecule has 2 bridgehead atoms. The molecule has 0 spiro atoms. The number of anilines is 1. The number of aromatic nitrogens is 2. The Morgan fingerprint density at radius 3 is 2.50 bits per heavy atom. The highest BCUT2D eigenvalue weighted by Crippen LogP contribution is 2.40. The zero-order valence-corrected chi connectivity index (χ0v) is 23.0. The molecule has 9 heteroatoms. The Bertz CT molecular complexity index is 1590. The number of aryl methyl sites for hydroxylation is 1. The van der Waals surface area contributed by atoms with E-state index in [4.69, 9.17) is 9.72 Å². The van der Waals surface area contributed by atoms with Crippen molar-refractivity contribution in [3.05, 3.63) is 53.6 Å². The van der Waals surface area contributed by atoms with E-state index in [0.29, 0.717) is 58.0 Å². The van der Waals surface area contributed by atoms with Gasteiger partial charge in [-0.3, -0.25) is 0 Å². The van der Waals surface area contributed by atoms with E-state index in [9.17, 15) is 14.6 Å². The Labute approximate surface area is 231 Å². The first-order valence-corrected chi connectivity index (χ1v) is 13.9. The van der Waals surface area contributed by atoms with Crippen molar-refractivity contribution >= 4 is 27.5 Å². The first kappa shape index (κ1) is 26.7. The molecule has 3 N–H and O–H groups in total. The van der Waals surface area contributed by atoms with Crippen molar-refractivity contribution in [3.63, 3.8) is 0 Å². The third kappa shape index (κ3) is 4.92. The summed E-state index contributed by atoms with van der Waals surface area (Å²) >= 11 is 0. The first-order chi connectivity index (χ1) is 19.1. The van der Waals surface area contributed by atoms with Gasteiger partial charge in [0.1, 0.15) is 22.9 Å². The fourth-order valence-electron chi connectivity index (χ4n) is 6.06. The number of ether oxygens (including phenoxy) is 1. The minimum atomic E-state index is -0.932. The lowest BCUT2D eigenvalue weighted by atomic mass is 9.92. The van der Waals surface area contributed by atoms with Crippen LogP contribution >= 0.6 is 0 Å². The highest BCUT2D eigenvalue weighted by Gasteiger charge is 2.34. The average molecular weight is 549 g/mol. The van der Waals surface area contributed by atoms with Crippen LogP contribution in [-0.2, 0) is 6.42 Å². The van der Waals surface area contributed by atoms with E-state index >= 15 is 4.39 Å². The van der Waals surface area contributed by atoms with Crippen LogP contribution in [0.2, 0.25) is 0 Å². The van der Waals surface area contributed by atoms with Gasteiger partial charge in [-0.15, -0.1) is 0 Å². The molecule has 4 aromatic rings. The van der Waals surface area contributed by atoms with Crippen LogP contribution in [0.25, 0.3) is 32.8 Å². The van der Waals surface area contributed by atoms with Crippen LogP contribution in [0.1, 0.15) is 45.6 Å². The fourth-order valence-corrected chi connectivity index (χ4v) is 6.06. The van der Waals surface area contributed by atoms with Crippen molar-refractivity contribution < 1.29 is 23.7 Å². The van der Waals surface area contributed by atoms with Gasteiger partial charge in [0, 0.05) is 42.5 Å². The van der Waals surface area contributed by atoms with Crippen LogP contribution in [0.5, 0.6) is 11.8 Å². The molecule has 0 unspecified atom stereocenters. The van der Waals surface area contributed by atoms with Gasteiger partial charge in [0.2, 0.25) is 0 Å². The molecule has 40 heavy (non-hydrogen) atoms. The van der Waals surface area contributed by atoms with E-state index in [2.05, 4.69) is 15.2 Å². The number of aliphatic hydroxyl groups is 1. The number of fused-ring (bicyclic) bond motifs is 4. The first-order valence-electron chi connectivity index (χ1n) is 13.9. The number of aromatic hydroxyl groups is 1. The van der Waals surface area contributed by atoms with E-state index < -0.39 is 11.4 Å². The van der Waals surface area contributed by atoms with Gasteiger partial charge >= 0.3 is 6.01 Å². The van der Waals surface area contributed by atoms with Gasteiger partial charge < -0.3 is 25.2 Å². The number of nitrogens with one attached hydrogen (secondary N) is 1. The molecule has 0 radical (unpaired) electrons. The molecule has 1 aromatic heterocycles. The third-order valence-electron chi connectivity index (χ3n) is 8.02. The summed E-state index contributed by atoms with van der Waals surface area (Å²) in [6.45, 7) is 6.88. The molecule has 2 saturated heterocycles. The molecule has 6 rings (SSSR count). The molecular weight excluding hydrogens is 514 g/mol. The van der Waals surface area contributed by atoms with E-state index in [-0.39, 0.29) is 35.3 Å². The van der Waals surface area contributed by atoms with Gasteiger partial charge in [-0.25, -0.2) is 8.78 Å². The van der Waals surface area contributed by atoms with E-state index in [1.54, 1.807) is 38.1 Å². The van der Waals surface area contributed by atoms with E-state index in [0.717, 1.165) is 25.9 Å². The van der Waals surface area contributed by atoms with Crippen molar-refractivity contribution in [2.24, 2.45) is 0 Å². The van der Waals surface area contributed by atoms with E-state index in [1.807, 2.05) is 6.92 Å². The van der Waals surface area contributed by atoms with Gasteiger partial charge in [0.25, 0.3) is 0 Å². The summed E-state index contributed by atoms with van der Waals surface area (Å²) in [6, 6.07) is 10.2. The maximum absolute atomic E-state index is 16.6. The summed E-state index contributed by atoms with van der Waals surface area (Å²) < 4.78 is 37.2. The Kier molecular flexibility index (Phi) is 6.74. The lowest BCUT2D eigenvalue weighted by molar-refractivity contribution is 0.0540. The third-order valence-corrected chi connectivity index (χ3v) is 8.02. The maximum atomic E-state index is 16.6. The number of halogens is 2. The number of rotatable bonds is 7. The molecular formula is C31H34F2N4O3. The quantitative estimate of drug-likeness (QED) is 0.282. The number of phenolic OH excluding ortho intramolecular Hbond substituents is 1. The summed E-state index contributed by atoms with van der Waals surface area (Å²) in [5.74, 6) is -0.396. The predicted octanol–water partition coefficient (Wildman–Crippen LogP) is 5.48. The van der Waals surface area contributed by atoms with Gasteiger partial charge in [-0.2, -0.15) is 9.97 Å². The largest absolute Gasteiger partial charge is 0.508 e. The highest BCUT2D eigenvalue weighted by molar-refractivity contribution is 6.03. The Morgan fingerprint density at radius 1 is 1.05 bits per heavy atom. The molecule has 3 aromatic carbocycles. The molecule has 0 saturated carbocycles.